The van der Waals surface area contributed by atoms with Gasteiger partial charge in [0.25, 0.3) is 5.69 Å². The molecule has 8 heteroatoms. The summed E-state index contributed by atoms with van der Waals surface area (Å²) in [7, 11) is 1.83. The highest BCUT2D eigenvalue weighted by Crippen LogP contribution is 2.24. The lowest BCUT2D eigenvalue weighted by atomic mass is 9.95. The molecule has 0 bridgehead atoms. The van der Waals surface area contributed by atoms with E-state index in [9.17, 15) is 19.7 Å². The van der Waals surface area contributed by atoms with E-state index in [0.717, 1.165) is 11.3 Å². The van der Waals surface area contributed by atoms with Crippen LogP contribution in [0, 0.1) is 16.0 Å². The number of likely N-dealkylation sites (tertiary alicyclic amines) is 1. The maximum Gasteiger partial charge on any atom is 0.269 e. The molecule has 1 N–H and O–H groups in total. The molecular weight excluding hydrogens is 396 g/mol. The molecule has 8 nitrogen and oxygen atoms in total. The van der Waals surface area contributed by atoms with Crippen LogP contribution in [0.25, 0.3) is 0 Å². The van der Waals surface area contributed by atoms with Crippen molar-refractivity contribution in [3.63, 3.8) is 0 Å². The van der Waals surface area contributed by atoms with Gasteiger partial charge in [0.1, 0.15) is 0 Å². The molecule has 1 aliphatic heterocycles. The first-order valence-electron chi connectivity index (χ1n) is 10.4. The zero-order chi connectivity index (χ0) is 22.4. The summed E-state index contributed by atoms with van der Waals surface area (Å²) in [4.78, 5) is 39.5. The predicted molar refractivity (Wildman–Crippen MR) is 119 cm³/mol. The first-order valence-corrected chi connectivity index (χ1v) is 10.4. The molecule has 1 unspecified atom stereocenters. The van der Waals surface area contributed by atoms with Crippen molar-refractivity contribution in [1.29, 1.82) is 0 Å². The number of nitro groups is 1. The number of nitro benzene ring substituents is 1. The molecule has 1 atom stereocenters. The lowest BCUT2D eigenvalue weighted by Crippen LogP contribution is -2.45. The third-order valence-corrected chi connectivity index (χ3v) is 5.87. The van der Waals surface area contributed by atoms with Gasteiger partial charge in [-0.05, 0) is 44.5 Å². The van der Waals surface area contributed by atoms with Crippen LogP contribution in [0.3, 0.4) is 0 Å². The molecule has 0 saturated carbocycles. The Morgan fingerprint density at radius 3 is 2.48 bits per heavy atom. The predicted octanol–water partition coefficient (Wildman–Crippen LogP) is 3.46. The summed E-state index contributed by atoms with van der Waals surface area (Å²) in [6.45, 7) is 3.23. The summed E-state index contributed by atoms with van der Waals surface area (Å²) in [5.41, 5.74) is 1.61. The zero-order valence-corrected chi connectivity index (χ0v) is 17.9. The number of amides is 2. The Kier molecular flexibility index (Phi) is 7.36. The minimum atomic E-state index is -0.417. The Hall–Kier alpha value is -3.26. The minimum Gasteiger partial charge on any atom is -0.342 e. The molecule has 0 spiro atoms. The van der Waals surface area contributed by atoms with Crippen LogP contribution in [-0.4, -0.2) is 53.2 Å². The lowest BCUT2D eigenvalue weighted by molar-refractivity contribution is -0.384. The second-order valence-corrected chi connectivity index (χ2v) is 7.95. The first kappa shape index (κ1) is 22.4. The van der Waals surface area contributed by atoms with Gasteiger partial charge >= 0.3 is 0 Å². The standard InChI is InChI=1S/C23H28N4O4/c1-17(19-7-6-10-21(15-19)27(30)31)25(2)16-22(28)26-13-11-18(12-14-26)23(29)24-20-8-4-3-5-9-20/h3-10,15,17-18H,11-14,16H2,1-2H3,(H,24,29). The smallest absolute Gasteiger partial charge is 0.269 e. The second kappa shape index (κ2) is 10.2. The van der Waals surface area contributed by atoms with Crippen LogP contribution < -0.4 is 5.32 Å². The molecule has 0 radical (unpaired) electrons. The maximum absolute atomic E-state index is 12.8. The molecular formula is C23H28N4O4. The highest BCUT2D eigenvalue weighted by molar-refractivity contribution is 5.92. The molecule has 1 aliphatic rings. The van der Waals surface area contributed by atoms with E-state index in [4.69, 9.17) is 0 Å². The molecule has 2 amide bonds. The van der Waals surface area contributed by atoms with Crippen LogP contribution in [-0.2, 0) is 9.59 Å². The Labute approximate surface area is 182 Å². The zero-order valence-electron chi connectivity index (χ0n) is 17.9. The molecule has 1 fully saturated rings. The molecule has 0 aromatic heterocycles. The highest BCUT2D eigenvalue weighted by Gasteiger charge is 2.28. The van der Waals surface area contributed by atoms with Crippen LogP contribution in [0.5, 0.6) is 0 Å². The number of anilines is 1. The van der Waals surface area contributed by atoms with Crippen molar-refractivity contribution in [2.45, 2.75) is 25.8 Å². The van der Waals surface area contributed by atoms with Gasteiger partial charge in [0.05, 0.1) is 11.5 Å². The summed E-state index contributed by atoms with van der Waals surface area (Å²) < 4.78 is 0. The summed E-state index contributed by atoms with van der Waals surface area (Å²) in [5.74, 6) is -0.109. The Morgan fingerprint density at radius 2 is 1.84 bits per heavy atom. The molecule has 164 valence electrons. The SMILES string of the molecule is CC(c1cccc([N+](=O)[O-])c1)N(C)CC(=O)N1CCC(C(=O)Nc2ccccc2)CC1. The number of hydrogen-bond donors (Lipinski definition) is 1. The van der Waals surface area contributed by atoms with Crippen molar-refractivity contribution in [3.05, 3.63) is 70.3 Å². The summed E-state index contributed by atoms with van der Waals surface area (Å²) in [5, 5.41) is 13.9. The van der Waals surface area contributed by atoms with E-state index >= 15 is 0 Å². The van der Waals surface area contributed by atoms with Crippen molar-refractivity contribution in [2.24, 2.45) is 5.92 Å². The van der Waals surface area contributed by atoms with Crippen LogP contribution in [0.15, 0.2) is 54.6 Å². The monoisotopic (exact) mass is 424 g/mol. The molecule has 3 rings (SSSR count). The Balaban J connectivity index is 1.49. The lowest BCUT2D eigenvalue weighted by Gasteiger charge is -2.33. The van der Waals surface area contributed by atoms with Crippen LogP contribution in [0.2, 0.25) is 0 Å². The average Bonchev–Trinajstić information content (AvgIpc) is 2.79. The van der Waals surface area contributed by atoms with Crippen molar-refractivity contribution >= 4 is 23.2 Å². The average molecular weight is 425 g/mol. The Morgan fingerprint density at radius 1 is 1.16 bits per heavy atom. The highest BCUT2D eigenvalue weighted by atomic mass is 16.6. The maximum atomic E-state index is 12.8. The Bertz CT molecular complexity index is 926. The number of nitrogens with zero attached hydrogens (tertiary/aromatic N) is 3. The number of benzene rings is 2. The first-order chi connectivity index (χ1) is 14.8. The number of rotatable bonds is 7. The quantitative estimate of drug-likeness (QED) is 0.542. The van der Waals surface area contributed by atoms with Gasteiger partial charge < -0.3 is 10.2 Å². The van der Waals surface area contributed by atoms with Crippen molar-refractivity contribution < 1.29 is 14.5 Å². The van der Waals surface area contributed by atoms with Crippen molar-refractivity contribution in [1.82, 2.24) is 9.80 Å². The van der Waals surface area contributed by atoms with E-state index in [1.54, 1.807) is 17.0 Å². The van der Waals surface area contributed by atoms with Crippen molar-refractivity contribution in [2.75, 3.05) is 32.0 Å². The fourth-order valence-corrected chi connectivity index (χ4v) is 3.76. The largest absolute Gasteiger partial charge is 0.342 e. The fraction of sp³-hybridized carbons (Fsp3) is 0.391. The molecule has 1 heterocycles. The van der Waals surface area contributed by atoms with E-state index in [0.29, 0.717) is 25.9 Å². The minimum absolute atomic E-state index is 0.00157. The molecule has 31 heavy (non-hydrogen) atoms. The second-order valence-electron chi connectivity index (χ2n) is 7.95. The van der Waals surface area contributed by atoms with E-state index in [2.05, 4.69) is 5.32 Å². The van der Waals surface area contributed by atoms with E-state index in [1.165, 1.54) is 6.07 Å². The van der Waals surface area contributed by atoms with Gasteiger partial charge in [0.2, 0.25) is 11.8 Å². The topological polar surface area (TPSA) is 95.8 Å². The summed E-state index contributed by atoms with van der Waals surface area (Å²) in [6.07, 6.45) is 1.27. The molecule has 2 aromatic carbocycles. The van der Waals surface area contributed by atoms with Gasteiger partial charge in [0.15, 0.2) is 0 Å². The summed E-state index contributed by atoms with van der Waals surface area (Å²) >= 11 is 0. The van der Waals surface area contributed by atoms with Gasteiger partial charge in [-0.2, -0.15) is 0 Å². The number of non-ortho nitro benzene ring substituents is 1. The van der Waals surface area contributed by atoms with Crippen LogP contribution >= 0.6 is 0 Å². The van der Waals surface area contributed by atoms with Crippen molar-refractivity contribution in [3.8, 4) is 0 Å². The van der Waals surface area contributed by atoms with Gasteiger partial charge in [0, 0.05) is 42.9 Å². The third-order valence-electron chi connectivity index (χ3n) is 5.87. The number of para-hydroxylation sites is 1. The molecule has 0 aliphatic carbocycles. The van der Waals surface area contributed by atoms with Gasteiger partial charge in [-0.15, -0.1) is 0 Å². The number of piperidine rings is 1. The van der Waals surface area contributed by atoms with E-state index < -0.39 is 4.92 Å². The number of hydrogen-bond acceptors (Lipinski definition) is 5. The molecule has 1 saturated heterocycles. The number of carbonyl (C=O) groups is 2. The third kappa shape index (κ3) is 5.88. The molecule has 2 aromatic rings. The van der Waals surface area contributed by atoms with Gasteiger partial charge in [-0.1, -0.05) is 30.3 Å². The van der Waals surface area contributed by atoms with Gasteiger partial charge in [-0.3, -0.25) is 24.6 Å². The summed E-state index contributed by atoms with van der Waals surface area (Å²) in [6, 6.07) is 15.7. The number of nitrogens with one attached hydrogen (secondary N) is 1. The normalized spacial score (nSPS) is 15.5. The fourth-order valence-electron chi connectivity index (χ4n) is 3.76. The van der Waals surface area contributed by atoms with Crippen LogP contribution in [0.4, 0.5) is 11.4 Å². The van der Waals surface area contributed by atoms with E-state index in [1.807, 2.05) is 55.3 Å². The van der Waals surface area contributed by atoms with Crippen LogP contribution in [0.1, 0.15) is 31.4 Å². The number of carbonyl (C=O) groups excluding carboxylic acids is 2. The van der Waals surface area contributed by atoms with E-state index in [-0.39, 0.29) is 36.0 Å². The number of likely N-dealkylation sites (N-methyl/N-ethyl adjacent to an activating group) is 1. The van der Waals surface area contributed by atoms with Gasteiger partial charge in [-0.25, -0.2) is 0 Å².